The molecule has 0 fully saturated rings. The van der Waals surface area contributed by atoms with Crippen molar-refractivity contribution in [3.05, 3.63) is 5.53 Å². The van der Waals surface area contributed by atoms with Crippen molar-refractivity contribution in [3.63, 3.8) is 0 Å². The van der Waals surface area contributed by atoms with Gasteiger partial charge in [0.25, 0.3) is 5.91 Å². The highest BCUT2D eigenvalue weighted by Gasteiger charge is 2.24. The summed E-state index contributed by atoms with van der Waals surface area (Å²) in [5.41, 5.74) is 9.75. The Labute approximate surface area is 88.2 Å². The van der Waals surface area contributed by atoms with E-state index in [1.165, 1.54) is 6.92 Å². The van der Waals surface area contributed by atoms with E-state index in [0.29, 0.717) is 6.21 Å². The van der Waals surface area contributed by atoms with Gasteiger partial charge < -0.3 is 5.53 Å². The second-order valence-electron chi connectivity index (χ2n) is 4.05. The molecule has 1 amide bonds. The predicted molar refractivity (Wildman–Crippen MR) is 52.8 cm³/mol. The molecule has 0 saturated carbocycles. The van der Waals surface area contributed by atoms with Crippen LogP contribution in [0.4, 0.5) is 0 Å². The minimum Gasteiger partial charge on any atom is -0.361 e. The number of nitrogens with zero attached hydrogens (tertiary/aromatic N) is 2. The molecule has 0 aromatic heterocycles. The van der Waals surface area contributed by atoms with Gasteiger partial charge in [-0.25, -0.2) is 5.48 Å². The Balaban J connectivity index is 4.23. The van der Waals surface area contributed by atoms with Crippen molar-refractivity contribution in [1.82, 2.24) is 5.48 Å². The number of carbonyl (C=O) groups excluding carboxylic acids is 2. The van der Waals surface area contributed by atoms with E-state index < -0.39 is 23.2 Å². The second-order valence-corrected chi connectivity index (χ2v) is 4.05. The van der Waals surface area contributed by atoms with Gasteiger partial charge in [0.05, 0.1) is 5.60 Å². The van der Waals surface area contributed by atoms with Crippen molar-refractivity contribution in [3.8, 4) is 0 Å². The van der Waals surface area contributed by atoms with Crippen molar-refractivity contribution in [2.45, 2.75) is 33.3 Å². The molecule has 84 valence electrons. The molecule has 0 aromatic rings. The van der Waals surface area contributed by atoms with Gasteiger partial charge in [-0.05, 0) is 27.7 Å². The zero-order valence-electron chi connectivity index (χ0n) is 9.27. The number of ketones is 1. The van der Waals surface area contributed by atoms with Crippen LogP contribution in [0.3, 0.4) is 0 Å². The molecule has 1 N–H and O–H groups in total. The van der Waals surface area contributed by atoms with Gasteiger partial charge in [-0.15, -0.1) is 0 Å². The molecular formula is C9H15N3O3. The van der Waals surface area contributed by atoms with E-state index in [1.54, 1.807) is 20.8 Å². The number of Topliss-reactive ketones (excluding diaryl/α,β-unsaturated/α-hetero) is 1. The van der Waals surface area contributed by atoms with E-state index in [1.807, 2.05) is 0 Å². The van der Waals surface area contributed by atoms with Crippen molar-refractivity contribution >= 4 is 17.9 Å². The summed E-state index contributed by atoms with van der Waals surface area (Å²) in [6.07, 6.45) is 0.682. The van der Waals surface area contributed by atoms with Crippen LogP contribution in [-0.2, 0) is 14.4 Å². The summed E-state index contributed by atoms with van der Waals surface area (Å²) < 4.78 is 0. The van der Waals surface area contributed by atoms with Crippen molar-refractivity contribution in [2.75, 3.05) is 0 Å². The second kappa shape index (κ2) is 5.38. The van der Waals surface area contributed by atoms with Crippen LogP contribution in [0.1, 0.15) is 27.7 Å². The van der Waals surface area contributed by atoms with E-state index in [2.05, 4.69) is 10.3 Å². The predicted octanol–water partition coefficient (Wildman–Crippen LogP) is 0.338. The van der Waals surface area contributed by atoms with Crippen LogP contribution in [0.2, 0.25) is 0 Å². The van der Waals surface area contributed by atoms with E-state index >= 15 is 0 Å². The summed E-state index contributed by atoms with van der Waals surface area (Å²) in [6.45, 7) is 6.67. The van der Waals surface area contributed by atoms with Gasteiger partial charge >= 0.3 is 6.21 Å². The number of nitrogens with one attached hydrogen (secondary N) is 1. The molecule has 0 unspecified atom stereocenters. The van der Waals surface area contributed by atoms with E-state index in [-0.39, 0.29) is 0 Å². The molecule has 0 saturated heterocycles. The molecule has 0 bridgehead atoms. The lowest BCUT2D eigenvalue weighted by atomic mass is 10.1. The molecule has 0 aliphatic rings. The number of amides is 1. The highest BCUT2D eigenvalue weighted by molar-refractivity contribution is 6.30. The van der Waals surface area contributed by atoms with Crippen LogP contribution in [0.15, 0.2) is 0 Å². The topological polar surface area (TPSA) is 91.8 Å². The summed E-state index contributed by atoms with van der Waals surface area (Å²) in [7, 11) is 0. The Morgan fingerprint density at radius 2 is 2.00 bits per heavy atom. The molecular weight excluding hydrogens is 198 g/mol. The first-order valence-corrected chi connectivity index (χ1v) is 4.47. The smallest absolute Gasteiger partial charge is 0.323 e. The summed E-state index contributed by atoms with van der Waals surface area (Å²) in [4.78, 5) is 29.9. The molecule has 0 aliphatic heterocycles. The third kappa shape index (κ3) is 5.72. The average molecular weight is 213 g/mol. The molecule has 0 rings (SSSR count). The van der Waals surface area contributed by atoms with Crippen LogP contribution < -0.4 is 5.48 Å². The van der Waals surface area contributed by atoms with Crippen LogP contribution >= 0.6 is 0 Å². The SMILES string of the molecule is C[C@@H](C(=O)C=[N+]=[N-])C(=O)NOC(C)(C)C. The summed E-state index contributed by atoms with van der Waals surface area (Å²) in [5.74, 6) is -2.11. The van der Waals surface area contributed by atoms with E-state index in [0.717, 1.165) is 0 Å². The number of carbonyl (C=O) groups is 2. The highest BCUT2D eigenvalue weighted by Crippen LogP contribution is 2.04. The lowest BCUT2D eigenvalue weighted by molar-refractivity contribution is -0.151. The zero-order valence-corrected chi connectivity index (χ0v) is 9.27. The molecule has 0 heterocycles. The first-order chi connectivity index (χ1) is 6.78. The average Bonchev–Trinajstić information content (AvgIpc) is 2.12. The minimum absolute atomic E-state index is 0.524. The largest absolute Gasteiger partial charge is 0.361 e. The molecule has 15 heavy (non-hydrogen) atoms. The molecule has 0 spiro atoms. The Morgan fingerprint density at radius 3 is 2.40 bits per heavy atom. The Morgan fingerprint density at radius 1 is 1.47 bits per heavy atom. The highest BCUT2D eigenvalue weighted by atomic mass is 16.7. The zero-order chi connectivity index (χ0) is 12.1. The fraction of sp³-hybridized carbons (Fsp3) is 0.667. The summed E-state index contributed by atoms with van der Waals surface area (Å²) in [5, 5.41) is 0. The maximum atomic E-state index is 11.3. The minimum atomic E-state index is -0.941. The van der Waals surface area contributed by atoms with Crippen molar-refractivity contribution < 1.29 is 19.2 Å². The Bertz CT molecular complexity index is 300. The van der Waals surface area contributed by atoms with Crippen molar-refractivity contribution in [1.29, 1.82) is 0 Å². The lowest BCUT2D eigenvalue weighted by Crippen LogP contribution is -2.39. The monoisotopic (exact) mass is 213 g/mol. The van der Waals surface area contributed by atoms with Gasteiger partial charge in [0.1, 0.15) is 5.92 Å². The standard InChI is InChI=1S/C9H15N3O3/c1-6(7(13)5-11-10)8(14)12-15-9(2,3)4/h5-6H,1-4H3,(H,12,14)/t6-/m0/s1. The molecule has 6 heteroatoms. The van der Waals surface area contributed by atoms with Gasteiger partial charge in [0, 0.05) is 0 Å². The van der Waals surface area contributed by atoms with Gasteiger partial charge in [0.2, 0.25) is 5.78 Å². The number of hydrogen-bond acceptors (Lipinski definition) is 3. The lowest BCUT2D eigenvalue weighted by Gasteiger charge is -2.19. The van der Waals surface area contributed by atoms with Crippen LogP contribution in [0.25, 0.3) is 5.53 Å². The Kier molecular flexibility index (Phi) is 4.84. The van der Waals surface area contributed by atoms with Gasteiger partial charge in [-0.3, -0.25) is 14.4 Å². The Hall–Kier alpha value is -1.52. The maximum Gasteiger partial charge on any atom is 0.323 e. The normalized spacial score (nSPS) is 12.5. The molecule has 0 aromatic carbocycles. The summed E-state index contributed by atoms with van der Waals surface area (Å²) in [6, 6.07) is 0. The molecule has 0 radical (unpaired) electrons. The fourth-order valence-corrected chi connectivity index (χ4v) is 0.590. The number of hydrogen-bond donors (Lipinski definition) is 1. The molecule has 0 aliphatic carbocycles. The summed E-state index contributed by atoms with van der Waals surface area (Å²) >= 11 is 0. The fourth-order valence-electron chi connectivity index (χ4n) is 0.590. The van der Waals surface area contributed by atoms with Gasteiger partial charge in [-0.2, -0.15) is 4.79 Å². The van der Waals surface area contributed by atoms with Crippen LogP contribution in [-0.4, -0.2) is 28.3 Å². The third-order valence-corrected chi connectivity index (χ3v) is 1.46. The first kappa shape index (κ1) is 13.5. The van der Waals surface area contributed by atoms with Crippen LogP contribution in [0, 0.1) is 5.92 Å². The number of hydroxylamine groups is 1. The van der Waals surface area contributed by atoms with E-state index in [4.69, 9.17) is 10.4 Å². The van der Waals surface area contributed by atoms with Gasteiger partial charge in [-0.1, -0.05) is 0 Å². The molecule has 1 atom stereocenters. The quantitative estimate of drug-likeness (QED) is 0.240. The number of rotatable bonds is 4. The maximum absolute atomic E-state index is 11.3. The van der Waals surface area contributed by atoms with Crippen molar-refractivity contribution in [2.24, 2.45) is 5.92 Å². The first-order valence-electron chi connectivity index (χ1n) is 4.47. The van der Waals surface area contributed by atoms with E-state index in [9.17, 15) is 9.59 Å². The van der Waals surface area contributed by atoms with Crippen LogP contribution in [0.5, 0.6) is 0 Å². The molecule has 6 nitrogen and oxygen atoms in total. The van der Waals surface area contributed by atoms with Gasteiger partial charge in [0.15, 0.2) is 0 Å². The third-order valence-electron chi connectivity index (χ3n) is 1.46.